The van der Waals surface area contributed by atoms with Gasteiger partial charge in [0.15, 0.2) is 0 Å². The molecule has 3 unspecified atom stereocenters. The predicted octanol–water partition coefficient (Wildman–Crippen LogP) is 2.97. The lowest BCUT2D eigenvalue weighted by molar-refractivity contribution is -0.123. The van der Waals surface area contributed by atoms with Crippen LogP contribution in [-0.2, 0) is 4.79 Å². The van der Waals surface area contributed by atoms with E-state index < -0.39 is 0 Å². The van der Waals surface area contributed by atoms with Crippen LogP contribution in [0.25, 0.3) is 0 Å². The molecule has 0 aromatic carbocycles. The minimum Gasteiger partial charge on any atom is -0.353 e. The van der Waals surface area contributed by atoms with E-state index in [0.717, 1.165) is 12.3 Å². The summed E-state index contributed by atoms with van der Waals surface area (Å²) >= 11 is 0. The second kappa shape index (κ2) is 5.53. The van der Waals surface area contributed by atoms with Gasteiger partial charge in [0.2, 0.25) is 5.91 Å². The zero-order chi connectivity index (χ0) is 11.4. The van der Waals surface area contributed by atoms with Crippen LogP contribution in [-0.4, -0.2) is 11.9 Å². The maximum Gasteiger partial charge on any atom is 0.220 e. The molecule has 1 saturated carbocycles. The number of amides is 1. The van der Waals surface area contributed by atoms with Crippen LogP contribution in [0.2, 0.25) is 0 Å². The maximum absolute atomic E-state index is 11.7. The highest BCUT2D eigenvalue weighted by atomic mass is 16.1. The van der Waals surface area contributed by atoms with Gasteiger partial charge in [-0.1, -0.05) is 40.5 Å². The fourth-order valence-corrected chi connectivity index (χ4v) is 2.42. The minimum absolute atomic E-state index is 0.232. The number of carbonyl (C=O) groups excluding carboxylic acids is 1. The van der Waals surface area contributed by atoms with Crippen LogP contribution < -0.4 is 5.32 Å². The van der Waals surface area contributed by atoms with Crippen molar-refractivity contribution in [2.24, 2.45) is 17.8 Å². The molecule has 0 bridgehead atoms. The molecule has 1 amide bonds. The van der Waals surface area contributed by atoms with Crippen LogP contribution in [0, 0.1) is 17.8 Å². The highest BCUT2D eigenvalue weighted by Gasteiger charge is 2.27. The Hall–Kier alpha value is -0.530. The summed E-state index contributed by atoms with van der Waals surface area (Å²) in [6.07, 6.45) is 4.41. The summed E-state index contributed by atoms with van der Waals surface area (Å²) in [4.78, 5) is 11.7. The Morgan fingerprint density at radius 3 is 2.60 bits per heavy atom. The molecule has 0 aliphatic heterocycles. The zero-order valence-corrected chi connectivity index (χ0v) is 10.5. The third-order valence-corrected chi connectivity index (χ3v) is 3.65. The lowest BCUT2D eigenvalue weighted by Crippen LogP contribution is -2.43. The molecule has 15 heavy (non-hydrogen) atoms. The zero-order valence-electron chi connectivity index (χ0n) is 10.5. The molecule has 2 heteroatoms. The molecule has 0 spiro atoms. The fraction of sp³-hybridized carbons (Fsp3) is 0.923. The van der Waals surface area contributed by atoms with Crippen molar-refractivity contribution in [2.75, 3.05) is 0 Å². The van der Waals surface area contributed by atoms with Crippen molar-refractivity contribution in [1.29, 1.82) is 0 Å². The summed E-state index contributed by atoms with van der Waals surface area (Å²) in [5.74, 6) is 2.08. The Morgan fingerprint density at radius 2 is 2.00 bits per heavy atom. The monoisotopic (exact) mass is 211 g/mol. The molecule has 2 nitrogen and oxygen atoms in total. The van der Waals surface area contributed by atoms with Crippen molar-refractivity contribution in [1.82, 2.24) is 5.32 Å². The van der Waals surface area contributed by atoms with E-state index in [1.54, 1.807) is 0 Å². The van der Waals surface area contributed by atoms with Crippen LogP contribution in [0.1, 0.15) is 53.4 Å². The first kappa shape index (κ1) is 12.5. The van der Waals surface area contributed by atoms with Gasteiger partial charge in [0.05, 0.1) is 0 Å². The minimum atomic E-state index is 0.232. The molecule has 0 radical (unpaired) electrons. The van der Waals surface area contributed by atoms with Gasteiger partial charge in [-0.2, -0.15) is 0 Å². The van der Waals surface area contributed by atoms with Gasteiger partial charge in [-0.25, -0.2) is 0 Å². The van der Waals surface area contributed by atoms with Crippen LogP contribution in [0.3, 0.4) is 0 Å². The third kappa shape index (κ3) is 3.84. The van der Waals surface area contributed by atoms with Crippen molar-refractivity contribution < 1.29 is 4.79 Å². The normalized spacial score (nSPS) is 31.7. The highest BCUT2D eigenvalue weighted by Crippen LogP contribution is 2.29. The lowest BCUT2D eigenvalue weighted by atomic mass is 9.78. The second-order valence-electron chi connectivity index (χ2n) is 5.54. The number of rotatable bonds is 3. The van der Waals surface area contributed by atoms with E-state index in [1.165, 1.54) is 12.8 Å². The summed E-state index contributed by atoms with van der Waals surface area (Å²) in [5.41, 5.74) is 0. The molecule has 88 valence electrons. The van der Waals surface area contributed by atoms with Crippen LogP contribution in [0.5, 0.6) is 0 Å². The maximum atomic E-state index is 11.7. The van der Waals surface area contributed by atoms with Gasteiger partial charge in [0, 0.05) is 12.5 Å². The van der Waals surface area contributed by atoms with E-state index in [9.17, 15) is 4.79 Å². The number of carbonyl (C=O) groups is 1. The molecular weight excluding hydrogens is 186 g/mol. The molecule has 1 fully saturated rings. The molecular formula is C13H25NO. The molecule has 0 heterocycles. The van der Waals surface area contributed by atoms with Crippen molar-refractivity contribution in [3.8, 4) is 0 Å². The third-order valence-electron chi connectivity index (χ3n) is 3.65. The van der Waals surface area contributed by atoms with Crippen LogP contribution >= 0.6 is 0 Å². The van der Waals surface area contributed by atoms with E-state index >= 15 is 0 Å². The Morgan fingerprint density at radius 1 is 1.33 bits per heavy atom. The van der Waals surface area contributed by atoms with Crippen LogP contribution in [0.15, 0.2) is 0 Å². The summed E-state index contributed by atoms with van der Waals surface area (Å²) in [7, 11) is 0. The van der Waals surface area contributed by atoms with Gasteiger partial charge in [-0.15, -0.1) is 0 Å². The van der Waals surface area contributed by atoms with E-state index in [4.69, 9.17) is 0 Å². The van der Waals surface area contributed by atoms with Gasteiger partial charge < -0.3 is 5.32 Å². The van der Waals surface area contributed by atoms with Gasteiger partial charge in [-0.3, -0.25) is 4.79 Å². The smallest absolute Gasteiger partial charge is 0.220 e. The van der Waals surface area contributed by atoms with Crippen LogP contribution in [0.4, 0.5) is 0 Å². The summed E-state index contributed by atoms with van der Waals surface area (Å²) in [6, 6.07) is 0.417. The molecule has 1 aliphatic rings. The van der Waals surface area contributed by atoms with E-state index in [0.29, 0.717) is 24.3 Å². The molecule has 1 aliphatic carbocycles. The lowest BCUT2D eigenvalue weighted by Gasteiger charge is -2.34. The number of nitrogens with one attached hydrogen (secondary N) is 1. The van der Waals surface area contributed by atoms with Gasteiger partial charge >= 0.3 is 0 Å². The van der Waals surface area contributed by atoms with Crippen molar-refractivity contribution in [2.45, 2.75) is 59.4 Å². The summed E-state index contributed by atoms with van der Waals surface area (Å²) < 4.78 is 0. The first-order valence-corrected chi connectivity index (χ1v) is 6.30. The molecule has 3 atom stereocenters. The molecule has 1 N–H and O–H groups in total. The molecule has 1 rings (SSSR count). The molecule has 0 aromatic heterocycles. The first-order valence-electron chi connectivity index (χ1n) is 6.30. The Kier molecular flexibility index (Phi) is 4.62. The fourth-order valence-electron chi connectivity index (χ4n) is 2.42. The largest absolute Gasteiger partial charge is 0.353 e. The second-order valence-corrected chi connectivity index (χ2v) is 5.54. The predicted molar refractivity (Wildman–Crippen MR) is 63.6 cm³/mol. The first-order chi connectivity index (χ1) is 7.00. The molecule has 0 saturated heterocycles. The summed E-state index contributed by atoms with van der Waals surface area (Å²) in [6.45, 7) is 8.74. The standard InChI is InChI=1S/C13H25NO/c1-9(2)8-13(15)14-12-7-5-6-10(3)11(12)4/h9-12H,5-8H2,1-4H3,(H,14,15). The van der Waals surface area contributed by atoms with Crippen molar-refractivity contribution in [3.05, 3.63) is 0 Å². The Labute approximate surface area is 93.8 Å². The highest BCUT2D eigenvalue weighted by molar-refractivity contribution is 5.76. The van der Waals surface area contributed by atoms with Crippen molar-refractivity contribution >= 4 is 5.91 Å². The van der Waals surface area contributed by atoms with Crippen molar-refractivity contribution in [3.63, 3.8) is 0 Å². The van der Waals surface area contributed by atoms with E-state index in [-0.39, 0.29) is 5.91 Å². The SMILES string of the molecule is CC(C)CC(=O)NC1CCCC(C)C1C. The Bertz CT molecular complexity index is 213. The van der Waals surface area contributed by atoms with Gasteiger partial charge in [0.1, 0.15) is 0 Å². The number of hydrogen-bond acceptors (Lipinski definition) is 1. The quantitative estimate of drug-likeness (QED) is 0.764. The van der Waals surface area contributed by atoms with E-state index in [2.05, 4.69) is 33.0 Å². The average molecular weight is 211 g/mol. The van der Waals surface area contributed by atoms with Gasteiger partial charge in [0.25, 0.3) is 0 Å². The van der Waals surface area contributed by atoms with Gasteiger partial charge in [-0.05, 0) is 24.2 Å². The topological polar surface area (TPSA) is 29.1 Å². The average Bonchev–Trinajstić information content (AvgIpc) is 2.11. The summed E-state index contributed by atoms with van der Waals surface area (Å²) in [5, 5.41) is 3.19. The Balaban J connectivity index is 2.39. The number of hydrogen-bond donors (Lipinski definition) is 1. The molecule has 0 aromatic rings. The van der Waals surface area contributed by atoms with E-state index in [1.807, 2.05) is 0 Å².